The summed E-state index contributed by atoms with van der Waals surface area (Å²) in [5.74, 6) is -0.677. The maximum atomic E-state index is 12.2. The molecule has 1 rings (SSSR count). The van der Waals surface area contributed by atoms with Crippen molar-refractivity contribution in [1.29, 1.82) is 0 Å². The van der Waals surface area contributed by atoms with Gasteiger partial charge in [-0.05, 0) is 31.4 Å². The summed E-state index contributed by atoms with van der Waals surface area (Å²) in [6.07, 6.45) is 9.97. The van der Waals surface area contributed by atoms with Gasteiger partial charge in [0, 0.05) is 38.5 Å². The van der Waals surface area contributed by atoms with Gasteiger partial charge in [0.1, 0.15) is 0 Å². The zero-order chi connectivity index (χ0) is 21.3. The molecule has 1 aromatic carbocycles. The lowest BCUT2D eigenvalue weighted by Gasteiger charge is -2.17. The van der Waals surface area contributed by atoms with Crippen LogP contribution in [0.2, 0.25) is 0 Å². The topological polar surface area (TPSA) is 86.7 Å². The van der Waals surface area contributed by atoms with Crippen molar-refractivity contribution in [1.82, 2.24) is 5.32 Å². The van der Waals surface area contributed by atoms with E-state index in [-0.39, 0.29) is 18.2 Å². The zero-order valence-electron chi connectivity index (χ0n) is 17.7. The van der Waals surface area contributed by atoms with E-state index < -0.39 is 5.97 Å². The van der Waals surface area contributed by atoms with Crippen LogP contribution in [0.4, 0.5) is 5.69 Å². The Bertz CT molecular complexity index is 604. The summed E-state index contributed by atoms with van der Waals surface area (Å²) < 4.78 is 0. The van der Waals surface area contributed by atoms with Gasteiger partial charge in [-0.3, -0.25) is 14.4 Å². The summed E-state index contributed by atoms with van der Waals surface area (Å²) in [7, 11) is 1.76. The molecule has 29 heavy (non-hydrogen) atoms. The quantitative estimate of drug-likeness (QED) is 0.396. The molecule has 0 heterocycles. The average Bonchev–Trinajstić information content (AvgIpc) is 2.71. The van der Waals surface area contributed by atoms with Gasteiger partial charge < -0.3 is 15.3 Å². The van der Waals surface area contributed by atoms with Crippen LogP contribution in [0.3, 0.4) is 0 Å². The number of carboxylic acids is 1. The fourth-order valence-corrected chi connectivity index (χ4v) is 3.14. The van der Waals surface area contributed by atoms with Gasteiger partial charge in [-0.2, -0.15) is 0 Å². The summed E-state index contributed by atoms with van der Waals surface area (Å²) in [4.78, 5) is 36.1. The minimum absolute atomic E-state index is 0.0126. The highest BCUT2D eigenvalue weighted by Crippen LogP contribution is 2.13. The summed E-state index contributed by atoms with van der Waals surface area (Å²) >= 11 is 0. The number of hydrogen-bond acceptors (Lipinski definition) is 3. The highest BCUT2D eigenvalue weighted by Gasteiger charge is 2.11. The van der Waals surface area contributed by atoms with E-state index >= 15 is 0 Å². The molecule has 2 amide bonds. The Hall–Kier alpha value is -2.37. The minimum Gasteiger partial charge on any atom is -0.481 e. The lowest BCUT2D eigenvalue weighted by atomic mass is 10.1. The van der Waals surface area contributed by atoms with Crippen LogP contribution in [0, 0.1) is 0 Å². The zero-order valence-corrected chi connectivity index (χ0v) is 17.7. The van der Waals surface area contributed by atoms with Crippen LogP contribution in [-0.4, -0.2) is 36.5 Å². The van der Waals surface area contributed by atoms with Crippen LogP contribution >= 0.6 is 0 Å². The van der Waals surface area contributed by atoms with Crippen LogP contribution in [0.15, 0.2) is 30.3 Å². The summed E-state index contributed by atoms with van der Waals surface area (Å²) in [5.41, 5.74) is 0.863. The number of carbonyl (C=O) groups is 3. The normalized spacial score (nSPS) is 10.5. The summed E-state index contributed by atoms with van der Waals surface area (Å²) in [6.45, 7) is 0.690. The molecule has 0 spiro atoms. The van der Waals surface area contributed by atoms with Crippen molar-refractivity contribution in [2.45, 2.75) is 77.0 Å². The number of nitrogens with one attached hydrogen (secondary N) is 1. The highest BCUT2D eigenvalue weighted by atomic mass is 16.4. The molecule has 6 nitrogen and oxygen atoms in total. The van der Waals surface area contributed by atoms with E-state index in [1.54, 1.807) is 11.9 Å². The van der Waals surface area contributed by atoms with Crippen LogP contribution < -0.4 is 10.2 Å². The van der Waals surface area contributed by atoms with Gasteiger partial charge in [0.2, 0.25) is 11.8 Å². The van der Waals surface area contributed by atoms with Crippen LogP contribution in [0.5, 0.6) is 0 Å². The van der Waals surface area contributed by atoms with Crippen molar-refractivity contribution in [2.75, 3.05) is 18.5 Å². The number of amides is 2. The van der Waals surface area contributed by atoms with E-state index in [9.17, 15) is 14.4 Å². The molecule has 0 saturated heterocycles. The second-order valence-corrected chi connectivity index (χ2v) is 7.46. The van der Waals surface area contributed by atoms with Crippen LogP contribution in [0.1, 0.15) is 77.0 Å². The summed E-state index contributed by atoms with van der Waals surface area (Å²) in [6, 6.07) is 9.50. The number of benzene rings is 1. The van der Waals surface area contributed by atoms with E-state index in [4.69, 9.17) is 5.11 Å². The standard InChI is InChI=1S/C23H36N2O4/c1-25(20-14-9-8-10-15-20)22(27)17-13-16-21(26)24-19-12-7-5-3-2-4-6-11-18-23(28)29/h8-10,14-15H,2-7,11-13,16-19H2,1H3,(H,24,26)(H,28,29). The van der Waals surface area contributed by atoms with E-state index in [1.807, 2.05) is 30.3 Å². The molecule has 1 aromatic rings. The molecule has 0 saturated carbocycles. The number of para-hydroxylation sites is 1. The minimum atomic E-state index is -0.710. The first-order valence-electron chi connectivity index (χ1n) is 10.8. The maximum Gasteiger partial charge on any atom is 0.303 e. The molecule has 0 aliphatic carbocycles. The molecular weight excluding hydrogens is 368 g/mol. The van der Waals surface area contributed by atoms with Gasteiger partial charge >= 0.3 is 5.97 Å². The van der Waals surface area contributed by atoms with Crippen LogP contribution in [-0.2, 0) is 14.4 Å². The molecule has 0 radical (unpaired) electrons. The van der Waals surface area contributed by atoms with Crippen molar-refractivity contribution >= 4 is 23.5 Å². The van der Waals surface area contributed by atoms with Crippen LogP contribution in [0.25, 0.3) is 0 Å². The van der Waals surface area contributed by atoms with Crippen molar-refractivity contribution in [3.8, 4) is 0 Å². The first-order valence-corrected chi connectivity index (χ1v) is 10.8. The summed E-state index contributed by atoms with van der Waals surface area (Å²) in [5, 5.41) is 11.5. The van der Waals surface area contributed by atoms with E-state index in [2.05, 4.69) is 5.32 Å². The predicted molar refractivity (Wildman–Crippen MR) is 116 cm³/mol. The Balaban J connectivity index is 1.94. The molecule has 0 atom stereocenters. The highest BCUT2D eigenvalue weighted by molar-refractivity contribution is 5.92. The van der Waals surface area contributed by atoms with Gasteiger partial charge in [0.15, 0.2) is 0 Å². The fourth-order valence-electron chi connectivity index (χ4n) is 3.14. The number of anilines is 1. The van der Waals surface area contributed by atoms with E-state index in [0.717, 1.165) is 57.1 Å². The maximum absolute atomic E-state index is 12.2. The van der Waals surface area contributed by atoms with Crippen molar-refractivity contribution in [3.05, 3.63) is 30.3 Å². The smallest absolute Gasteiger partial charge is 0.303 e. The monoisotopic (exact) mass is 404 g/mol. The fraction of sp³-hybridized carbons (Fsp3) is 0.609. The molecule has 0 aliphatic heterocycles. The van der Waals surface area contributed by atoms with Gasteiger partial charge in [0.25, 0.3) is 0 Å². The lowest BCUT2D eigenvalue weighted by molar-refractivity contribution is -0.137. The number of unbranched alkanes of at least 4 members (excludes halogenated alkanes) is 7. The molecule has 0 unspecified atom stereocenters. The Kier molecular flexibility index (Phi) is 13.2. The van der Waals surface area contributed by atoms with Gasteiger partial charge in [-0.1, -0.05) is 56.7 Å². The molecule has 0 bridgehead atoms. The number of carbonyl (C=O) groups excluding carboxylic acids is 2. The third kappa shape index (κ3) is 12.7. The first kappa shape index (κ1) is 24.7. The Morgan fingerprint density at radius 1 is 0.793 bits per heavy atom. The van der Waals surface area contributed by atoms with Gasteiger partial charge in [0.05, 0.1) is 0 Å². The number of aliphatic carboxylic acids is 1. The number of carboxylic acid groups (broad SMARTS) is 1. The second kappa shape index (κ2) is 15.5. The average molecular weight is 405 g/mol. The molecular formula is C23H36N2O4. The van der Waals surface area contributed by atoms with E-state index in [0.29, 0.717) is 25.8 Å². The Morgan fingerprint density at radius 2 is 1.38 bits per heavy atom. The predicted octanol–water partition coefficient (Wildman–Crippen LogP) is 4.53. The molecule has 2 N–H and O–H groups in total. The third-order valence-electron chi connectivity index (χ3n) is 4.95. The molecule has 0 fully saturated rings. The van der Waals surface area contributed by atoms with Crippen molar-refractivity contribution in [2.24, 2.45) is 0 Å². The second-order valence-electron chi connectivity index (χ2n) is 7.46. The lowest BCUT2D eigenvalue weighted by Crippen LogP contribution is -2.27. The van der Waals surface area contributed by atoms with Crippen molar-refractivity contribution < 1.29 is 19.5 Å². The molecule has 6 heteroatoms. The first-order chi connectivity index (χ1) is 14.0. The van der Waals surface area contributed by atoms with Gasteiger partial charge in [-0.15, -0.1) is 0 Å². The number of rotatable bonds is 16. The Morgan fingerprint density at radius 3 is 2.00 bits per heavy atom. The largest absolute Gasteiger partial charge is 0.481 e. The third-order valence-corrected chi connectivity index (χ3v) is 4.95. The Labute approximate surface area is 174 Å². The molecule has 0 aliphatic rings. The van der Waals surface area contributed by atoms with Gasteiger partial charge in [-0.25, -0.2) is 0 Å². The SMILES string of the molecule is CN(C(=O)CCCC(=O)NCCCCCCCCCCC(=O)O)c1ccccc1. The molecule has 0 aromatic heterocycles. The van der Waals surface area contributed by atoms with E-state index in [1.165, 1.54) is 0 Å². The number of hydrogen-bond donors (Lipinski definition) is 2. The molecule has 162 valence electrons. The number of nitrogens with zero attached hydrogens (tertiary/aromatic N) is 1. The van der Waals surface area contributed by atoms with Crippen molar-refractivity contribution in [3.63, 3.8) is 0 Å².